The van der Waals surface area contributed by atoms with Crippen molar-refractivity contribution in [2.24, 2.45) is 0 Å². The lowest BCUT2D eigenvalue weighted by molar-refractivity contribution is -0.117. The van der Waals surface area contributed by atoms with Gasteiger partial charge in [0.05, 0.1) is 0 Å². The highest BCUT2D eigenvalue weighted by atomic mass is 79.9. The zero-order valence-corrected chi connectivity index (χ0v) is 14.3. The number of aromatic nitrogens is 1. The Bertz CT molecular complexity index is 946. The molecule has 3 rings (SSSR count). The van der Waals surface area contributed by atoms with E-state index in [0.717, 1.165) is 16.5 Å². The summed E-state index contributed by atoms with van der Waals surface area (Å²) in [5.41, 5.74) is 2.21. The Morgan fingerprint density at radius 1 is 1.33 bits per heavy atom. The molecule has 24 heavy (non-hydrogen) atoms. The van der Waals surface area contributed by atoms with Crippen LogP contribution < -0.4 is 5.32 Å². The number of H-pyrrole nitrogens is 1. The quantitative estimate of drug-likeness (QED) is 0.519. The highest BCUT2D eigenvalue weighted by Crippen LogP contribution is 2.18. The van der Waals surface area contributed by atoms with Crippen LogP contribution >= 0.6 is 15.9 Å². The lowest BCUT2D eigenvalue weighted by Gasteiger charge is -2.03. The van der Waals surface area contributed by atoms with E-state index in [1.807, 2.05) is 36.5 Å². The van der Waals surface area contributed by atoms with Crippen LogP contribution in [-0.4, -0.2) is 17.4 Å². The molecule has 2 heterocycles. The second kappa shape index (κ2) is 7.20. The van der Waals surface area contributed by atoms with Gasteiger partial charge in [-0.1, -0.05) is 18.2 Å². The number of hydrogen-bond donors (Lipinski definition) is 2. The molecule has 0 unspecified atom stereocenters. The van der Waals surface area contributed by atoms with Crippen molar-refractivity contribution < 1.29 is 9.21 Å². The monoisotopic (exact) mass is 383 g/mol. The number of nitrogens with one attached hydrogen (secondary N) is 2. The van der Waals surface area contributed by atoms with Crippen molar-refractivity contribution in [3.05, 3.63) is 64.2 Å². The van der Waals surface area contributed by atoms with E-state index >= 15 is 0 Å². The maximum atomic E-state index is 12.1. The summed E-state index contributed by atoms with van der Waals surface area (Å²) < 4.78 is 5.83. The first-order valence-corrected chi connectivity index (χ1v) is 8.17. The maximum Gasteiger partial charge on any atom is 0.262 e. The molecule has 0 aliphatic rings. The molecule has 0 aliphatic carbocycles. The van der Waals surface area contributed by atoms with E-state index in [-0.39, 0.29) is 5.57 Å². The summed E-state index contributed by atoms with van der Waals surface area (Å²) in [7, 11) is 0. The molecule has 0 atom stereocenters. The first-order chi connectivity index (χ1) is 11.7. The van der Waals surface area contributed by atoms with Gasteiger partial charge in [0.1, 0.15) is 17.4 Å². The average Bonchev–Trinajstić information content (AvgIpc) is 3.19. The van der Waals surface area contributed by atoms with Crippen molar-refractivity contribution >= 4 is 38.8 Å². The number of halogens is 1. The van der Waals surface area contributed by atoms with Crippen LogP contribution in [0.1, 0.15) is 11.3 Å². The topological polar surface area (TPSA) is 81.8 Å². The smallest absolute Gasteiger partial charge is 0.262 e. The molecule has 0 bridgehead atoms. The van der Waals surface area contributed by atoms with Crippen LogP contribution in [0.5, 0.6) is 0 Å². The normalized spacial score (nSPS) is 11.4. The third-order valence-corrected chi connectivity index (χ3v) is 4.03. The minimum atomic E-state index is -0.412. The number of amides is 1. The van der Waals surface area contributed by atoms with Crippen molar-refractivity contribution in [3.8, 4) is 6.07 Å². The van der Waals surface area contributed by atoms with Crippen molar-refractivity contribution in [1.29, 1.82) is 5.26 Å². The van der Waals surface area contributed by atoms with Gasteiger partial charge in [0.25, 0.3) is 5.91 Å². The lowest BCUT2D eigenvalue weighted by Crippen LogP contribution is -2.26. The van der Waals surface area contributed by atoms with Gasteiger partial charge < -0.3 is 14.7 Å². The Balaban J connectivity index is 1.62. The van der Waals surface area contributed by atoms with Crippen LogP contribution in [0.4, 0.5) is 0 Å². The standard InChI is InChI=1S/C18H14BrN3O2/c19-17-6-5-14(24-17)9-13(10-20)18(23)21-8-7-12-11-22-16-4-2-1-3-15(12)16/h1-6,9,11,22H,7-8H2,(H,21,23)/b13-9+. The summed E-state index contributed by atoms with van der Waals surface area (Å²) in [6, 6.07) is 13.3. The highest BCUT2D eigenvalue weighted by molar-refractivity contribution is 9.10. The Morgan fingerprint density at radius 2 is 2.17 bits per heavy atom. The third kappa shape index (κ3) is 3.58. The van der Waals surface area contributed by atoms with Gasteiger partial charge in [-0.25, -0.2) is 0 Å². The molecule has 1 aromatic carbocycles. The number of nitrogens with zero attached hydrogens (tertiary/aromatic N) is 1. The van der Waals surface area contributed by atoms with Gasteiger partial charge in [-0.05, 0) is 46.1 Å². The SMILES string of the molecule is N#C/C(=C\c1ccc(Br)o1)C(=O)NCCc1c[nH]c2ccccc12. The summed E-state index contributed by atoms with van der Waals surface area (Å²) >= 11 is 3.18. The van der Waals surface area contributed by atoms with Crippen molar-refractivity contribution in [2.75, 3.05) is 6.54 Å². The predicted molar refractivity (Wildman–Crippen MR) is 95.0 cm³/mol. The molecule has 6 heteroatoms. The molecular formula is C18H14BrN3O2. The minimum absolute atomic E-state index is 0.00998. The van der Waals surface area contributed by atoms with E-state index in [2.05, 4.69) is 26.2 Å². The molecule has 0 fully saturated rings. The summed E-state index contributed by atoms with van der Waals surface area (Å²) in [6.07, 6.45) is 4.05. The van der Waals surface area contributed by atoms with Crippen LogP contribution in [0.15, 0.2) is 57.3 Å². The number of nitriles is 1. The summed E-state index contributed by atoms with van der Waals surface area (Å²) in [5.74, 6) is 0.0371. The summed E-state index contributed by atoms with van der Waals surface area (Å²) in [5, 5.41) is 13.1. The number of rotatable bonds is 5. The van der Waals surface area contributed by atoms with Crippen LogP contribution in [0.3, 0.4) is 0 Å². The first kappa shape index (κ1) is 16.1. The van der Waals surface area contributed by atoms with Gasteiger partial charge in [-0.2, -0.15) is 5.26 Å². The van der Waals surface area contributed by atoms with Crippen LogP contribution in [0, 0.1) is 11.3 Å². The zero-order chi connectivity index (χ0) is 16.9. The Hall–Kier alpha value is -2.78. The largest absolute Gasteiger partial charge is 0.450 e. The molecule has 0 saturated heterocycles. The fourth-order valence-electron chi connectivity index (χ4n) is 2.44. The van der Waals surface area contributed by atoms with E-state index in [1.54, 1.807) is 12.1 Å². The van der Waals surface area contributed by atoms with Gasteiger partial charge >= 0.3 is 0 Å². The molecule has 0 spiro atoms. The number of carbonyl (C=O) groups is 1. The predicted octanol–water partition coefficient (Wildman–Crippen LogP) is 3.79. The number of furan rings is 1. The number of carbonyl (C=O) groups excluding carboxylic acids is 1. The summed E-state index contributed by atoms with van der Waals surface area (Å²) in [6.45, 7) is 0.446. The number of hydrogen-bond acceptors (Lipinski definition) is 3. The molecule has 5 nitrogen and oxygen atoms in total. The van der Waals surface area contributed by atoms with E-state index < -0.39 is 5.91 Å². The second-order valence-electron chi connectivity index (χ2n) is 5.18. The van der Waals surface area contributed by atoms with Crippen molar-refractivity contribution in [1.82, 2.24) is 10.3 Å². The number of fused-ring (bicyclic) bond motifs is 1. The van der Waals surface area contributed by atoms with Crippen LogP contribution in [-0.2, 0) is 11.2 Å². The Morgan fingerprint density at radius 3 is 2.92 bits per heavy atom. The van der Waals surface area contributed by atoms with Gasteiger partial charge in [0, 0.05) is 29.7 Å². The van der Waals surface area contributed by atoms with Gasteiger partial charge in [0.2, 0.25) is 0 Å². The highest BCUT2D eigenvalue weighted by Gasteiger charge is 2.10. The van der Waals surface area contributed by atoms with Crippen LogP contribution in [0.25, 0.3) is 17.0 Å². The second-order valence-corrected chi connectivity index (χ2v) is 5.96. The van der Waals surface area contributed by atoms with Gasteiger partial charge in [-0.15, -0.1) is 0 Å². The molecule has 120 valence electrons. The van der Waals surface area contributed by atoms with Crippen LogP contribution in [0.2, 0.25) is 0 Å². The maximum absolute atomic E-state index is 12.1. The number of aromatic amines is 1. The molecule has 0 aliphatic heterocycles. The van der Waals surface area contributed by atoms with Gasteiger partial charge in [-0.3, -0.25) is 4.79 Å². The molecule has 1 amide bonds. The fourth-order valence-corrected chi connectivity index (χ4v) is 2.76. The van der Waals surface area contributed by atoms with E-state index in [9.17, 15) is 4.79 Å². The van der Waals surface area contributed by atoms with Crippen molar-refractivity contribution in [2.45, 2.75) is 6.42 Å². The Kier molecular flexibility index (Phi) is 4.82. The number of benzene rings is 1. The van der Waals surface area contributed by atoms with E-state index in [1.165, 1.54) is 6.08 Å². The Labute approximate surface area is 147 Å². The minimum Gasteiger partial charge on any atom is -0.450 e. The summed E-state index contributed by atoms with van der Waals surface area (Å²) in [4.78, 5) is 15.3. The zero-order valence-electron chi connectivity index (χ0n) is 12.7. The average molecular weight is 384 g/mol. The fraction of sp³-hybridized carbons (Fsp3) is 0.111. The molecule has 2 aromatic heterocycles. The first-order valence-electron chi connectivity index (χ1n) is 7.37. The number of para-hydroxylation sites is 1. The third-order valence-electron chi connectivity index (χ3n) is 3.60. The molecule has 3 aromatic rings. The molecule has 0 saturated carbocycles. The van der Waals surface area contributed by atoms with Crippen molar-refractivity contribution in [3.63, 3.8) is 0 Å². The lowest BCUT2D eigenvalue weighted by atomic mass is 10.1. The molecule has 0 radical (unpaired) electrons. The molecule has 2 N–H and O–H groups in total. The molecular weight excluding hydrogens is 370 g/mol. The van der Waals surface area contributed by atoms with E-state index in [0.29, 0.717) is 23.4 Å². The van der Waals surface area contributed by atoms with E-state index in [4.69, 9.17) is 9.68 Å². The van der Waals surface area contributed by atoms with Gasteiger partial charge in [0.15, 0.2) is 4.67 Å².